The van der Waals surface area contributed by atoms with E-state index in [-0.39, 0.29) is 0 Å². The topological polar surface area (TPSA) is 59.1 Å². The van der Waals surface area contributed by atoms with Crippen LogP contribution in [0.4, 0.5) is 5.13 Å². The predicted molar refractivity (Wildman–Crippen MR) is 69.6 cm³/mol. The monoisotopic (exact) mass is 256 g/mol. The van der Waals surface area contributed by atoms with E-state index >= 15 is 0 Å². The summed E-state index contributed by atoms with van der Waals surface area (Å²) in [6.07, 6.45) is 3.57. The fourth-order valence-electron chi connectivity index (χ4n) is 1.82. The highest BCUT2D eigenvalue weighted by Crippen LogP contribution is 2.11. The molecular weight excluding hydrogens is 236 g/mol. The first kappa shape index (κ1) is 12.7. The van der Waals surface area contributed by atoms with Crippen molar-refractivity contribution in [1.29, 1.82) is 0 Å². The summed E-state index contributed by atoms with van der Waals surface area (Å²) in [6, 6.07) is 0. The summed E-state index contributed by atoms with van der Waals surface area (Å²) in [5.41, 5.74) is 0. The number of nitrogens with one attached hydrogen (secondary N) is 2. The van der Waals surface area contributed by atoms with Crippen molar-refractivity contribution in [2.75, 3.05) is 31.6 Å². The maximum absolute atomic E-state index is 5.79. The lowest BCUT2D eigenvalue weighted by molar-refractivity contribution is 0.0394. The highest BCUT2D eigenvalue weighted by atomic mass is 32.1. The van der Waals surface area contributed by atoms with Gasteiger partial charge in [-0.3, -0.25) is 0 Å². The lowest BCUT2D eigenvalue weighted by Gasteiger charge is -2.22. The number of aryl methyl sites for hydroxylation is 1. The minimum atomic E-state index is 0.429. The van der Waals surface area contributed by atoms with Crippen molar-refractivity contribution in [2.24, 2.45) is 0 Å². The SMILES string of the molecule is CCc1nsc(NCCOC2CCNCC2)n1. The second-order valence-electron chi connectivity index (χ2n) is 4.12. The second-order valence-corrected chi connectivity index (χ2v) is 4.87. The van der Waals surface area contributed by atoms with Crippen molar-refractivity contribution < 1.29 is 4.74 Å². The van der Waals surface area contributed by atoms with Gasteiger partial charge in [-0.25, -0.2) is 4.98 Å². The summed E-state index contributed by atoms with van der Waals surface area (Å²) in [5.74, 6) is 0.914. The van der Waals surface area contributed by atoms with Crippen LogP contribution in [-0.4, -0.2) is 41.7 Å². The molecule has 0 radical (unpaired) electrons. The summed E-state index contributed by atoms with van der Waals surface area (Å²) >= 11 is 1.42. The number of ether oxygens (including phenoxy) is 1. The number of hydrogen-bond donors (Lipinski definition) is 2. The zero-order chi connectivity index (χ0) is 11.9. The van der Waals surface area contributed by atoms with Crippen molar-refractivity contribution in [3.8, 4) is 0 Å². The maximum atomic E-state index is 5.79. The minimum Gasteiger partial charge on any atom is -0.376 e. The number of nitrogens with zero attached hydrogens (tertiary/aromatic N) is 2. The van der Waals surface area contributed by atoms with Gasteiger partial charge in [0.1, 0.15) is 5.82 Å². The van der Waals surface area contributed by atoms with E-state index in [0.717, 1.165) is 56.5 Å². The van der Waals surface area contributed by atoms with Crippen molar-refractivity contribution >= 4 is 16.7 Å². The van der Waals surface area contributed by atoms with Gasteiger partial charge >= 0.3 is 0 Å². The Hall–Kier alpha value is -0.720. The second kappa shape index (κ2) is 6.88. The van der Waals surface area contributed by atoms with E-state index in [9.17, 15) is 0 Å². The zero-order valence-corrected chi connectivity index (χ0v) is 11.1. The molecule has 1 aromatic heterocycles. The Bertz CT molecular complexity index is 325. The molecule has 1 saturated heterocycles. The first-order valence-electron chi connectivity index (χ1n) is 6.27. The van der Waals surface area contributed by atoms with E-state index in [1.165, 1.54) is 11.5 Å². The third-order valence-electron chi connectivity index (χ3n) is 2.80. The van der Waals surface area contributed by atoms with E-state index in [0.29, 0.717) is 6.10 Å². The summed E-state index contributed by atoms with van der Waals surface area (Å²) in [4.78, 5) is 4.34. The van der Waals surface area contributed by atoms with Crippen LogP contribution in [0.5, 0.6) is 0 Å². The molecule has 0 amide bonds. The van der Waals surface area contributed by atoms with Crippen molar-refractivity contribution in [2.45, 2.75) is 32.3 Å². The molecule has 0 spiro atoms. The first-order valence-corrected chi connectivity index (χ1v) is 7.04. The molecule has 17 heavy (non-hydrogen) atoms. The molecule has 0 atom stereocenters. The minimum absolute atomic E-state index is 0.429. The Labute approximate surface area is 106 Å². The predicted octanol–water partition coefficient (Wildman–Crippen LogP) is 1.28. The van der Waals surface area contributed by atoms with Gasteiger partial charge in [-0.1, -0.05) is 6.92 Å². The van der Waals surface area contributed by atoms with Gasteiger partial charge in [0.05, 0.1) is 12.7 Å². The van der Waals surface area contributed by atoms with Crippen LogP contribution in [0, 0.1) is 0 Å². The van der Waals surface area contributed by atoms with Crippen LogP contribution in [0.25, 0.3) is 0 Å². The molecule has 0 aromatic carbocycles. The van der Waals surface area contributed by atoms with Gasteiger partial charge < -0.3 is 15.4 Å². The van der Waals surface area contributed by atoms with Crippen LogP contribution in [0.1, 0.15) is 25.6 Å². The van der Waals surface area contributed by atoms with Gasteiger partial charge in [-0.2, -0.15) is 4.37 Å². The Morgan fingerprint density at radius 3 is 3.00 bits per heavy atom. The fourth-order valence-corrected chi connectivity index (χ4v) is 2.49. The lowest BCUT2D eigenvalue weighted by Crippen LogP contribution is -2.33. The molecule has 1 aliphatic heterocycles. The van der Waals surface area contributed by atoms with Gasteiger partial charge in [0.2, 0.25) is 5.13 Å². The van der Waals surface area contributed by atoms with Gasteiger partial charge in [0, 0.05) is 24.5 Å². The van der Waals surface area contributed by atoms with E-state index in [4.69, 9.17) is 4.74 Å². The van der Waals surface area contributed by atoms with Crippen LogP contribution in [0.3, 0.4) is 0 Å². The molecule has 1 aromatic rings. The smallest absolute Gasteiger partial charge is 0.202 e. The highest BCUT2D eigenvalue weighted by molar-refractivity contribution is 7.09. The lowest BCUT2D eigenvalue weighted by atomic mass is 10.1. The average molecular weight is 256 g/mol. The number of anilines is 1. The van der Waals surface area contributed by atoms with E-state index in [1.54, 1.807) is 0 Å². The highest BCUT2D eigenvalue weighted by Gasteiger charge is 2.12. The molecule has 2 rings (SSSR count). The standard InChI is InChI=1S/C11H20N4OS/c1-2-10-14-11(17-15-10)13-7-8-16-9-3-5-12-6-4-9/h9,12H,2-8H2,1H3,(H,13,14,15). The fraction of sp³-hybridized carbons (Fsp3) is 0.818. The van der Waals surface area contributed by atoms with Crippen LogP contribution in [0.15, 0.2) is 0 Å². The summed E-state index contributed by atoms with van der Waals surface area (Å²) < 4.78 is 10.0. The molecule has 96 valence electrons. The van der Waals surface area contributed by atoms with E-state index < -0.39 is 0 Å². The van der Waals surface area contributed by atoms with Gasteiger partial charge in [0.15, 0.2) is 0 Å². The molecule has 6 heteroatoms. The molecule has 0 unspecified atom stereocenters. The Morgan fingerprint density at radius 2 is 2.29 bits per heavy atom. The van der Waals surface area contributed by atoms with E-state index in [1.807, 2.05) is 0 Å². The van der Waals surface area contributed by atoms with Crippen LogP contribution in [-0.2, 0) is 11.2 Å². The summed E-state index contributed by atoms with van der Waals surface area (Å²) in [5, 5.41) is 7.47. The van der Waals surface area contributed by atoms with Gasteiger partial charge in [-0.05, 0) is 25.9 Å². The number of rotatable bonds is 6. The van der Waals surface area contributed by atoms with Crippen LogP contribution < -0.4 is 10.6 Å². The molecule has 0 bridgehead atoms. The molecular formula is C11H20N4OS. The summed E-state index contributed by atoms with van der Waals surface area (Å²) in [6.45, 7) is 5.77. The van der Waals surface area contributed by atoms with Crippen LogP contribution >= 0.6 is 11.5 Å². The third-order valence-corrected chi connectivity index (χ3v) is 3.51. The van der Waals surface area contributed by atoms with Gasteiger partial charge in [0.25, 0.3) is 0 Å². The largest absolute Gasteiger partial charge is 0.376 e. The first-order chi connectivity index (χ1) is 8.38. The molecule has 2 heterocycles. The molecule has 2 N–H and O–H groups in total. The number of hydrogen-bond acceptors (Lipinski definition) is 6. The van der Waals surface area contributed by atoms with Crippen LogP contribution in [0.2, 0.25) is 0 Å². The average Bonchev–Trinajstić information content (AvgIpc) is 2.84. The maximum Gasteiger partial charge on any atom is 0.202 e. The third kappa shape index (κ3) is 4.22. The van der Waals surface area contributed by atoms with Crippen molar-refractivity contribution in [3.05, 3.63) is 5.82 Å². The molecule has 0 saturated carbocycles. The Balaban J connectivity index is 1.59. The molecule has 0 aliphatic carbocycles. The van der Waals surface area contributed by atoms with E-state index in [2.05, 4.69) is 26.9 Å². The zero-order valence-electron chi connectivity index (χ0n) is 10.2. The normalized spacial score (nSPS) is 17.2. The Morgan fingerprint density at radius 1 is 1.47 bits per heavy atom. The molecule has 5 nitrogen and oxygen atoms in total. The van der Waals surface area contributed by atoms with Crippen molar-refractivity contribution in [1.82, 2.24) is 14.7 Å². The summed E-state index contributed by atoms with van der Waals surface area (Å²) in [7, 11) is 0. The van der Waals surface area contributed by atoms with Gasteiger partial charge in [-0.15, -0.1) is 0 Å². The Kier molecular flexibility index (Phi) is 5.15. The molecule has 1 aliphatic rings. The molecule has 1 fully saturated rings. The number of aromatic nitrogens is 2. The van der Waals surface area contributed by atoms with Crippen molar-refractivity contribution in [3.63, 3.8) is 0 Å². The number of piperidine rings is 1. The quantitative estimate of drug-likeness (QED) is 0.751.